The SMILES string of the molecule is CN1CCCCC(N)C1c1ccc(F)cc1F. The van der Waals surface area contributed by atoms with Gasteiger partial charge in [0.1, 0.15) is 11.6 Å². The molecule has 0 aromatic heterocycles. The summed E-state index contributed by atoms with van der Waals surface area (Å²) in [5, 5.41) is 0. The van der Waals surface area contributed by atoms with E-state index in [2.05, 4.69) is 4.90 Å². The minimum absolute atomic E-state index is 0.0949. The van der Waals surface area contributed by atoms with Crippen LogP contribution in [0.25, 0.3) is 0 Å². The number of halogens is 2. The van der Waals surface area contributed by atoms with Crippen LogP contribution in [0, 0.1) is 11.6 Å². The molecular formula is C13H18F2N2. The van der Waals surface area contributed by atoms with Crippen LogP contribution < -0.4 is 5.73 Å². The fourth-order valence-electron chi connectivity index (χ4n) is 2.57. The number of rotatable bonds is 1. The Balaban J connectivity index is 2.34. The minimum atomic E-state index is -0.545. The van der Waals surface area contributed by atoms with Crippen molar-refractivity contribution >= 4 is 0 Å². The summed E-state index contributed by atoms with van der Waals surface area (Å²) in [6, 6.07) is 3.49. The molecule has 0 spiro atoms. The van der Waals surface area contributed by atoms with E-state index in [4.69, 9.17) is 5.73 Å². The number of likely N-dealkylation sites (tertiary alicyclic amines) is 1. The van der Waals surface area contributed by atoms with Gasteiger partial charge in [0.2, 0.25) is 0 Å². The maximum Gasteiger partial charge on any atom is 0.130 e. The highest BCUT2D eigenvalue weighted by Crippen LogP contribution is 2.30. The summed E-state index contributed by atoms with van der Waals surface area (Å²) in [4.78, 5) is 2.06. The Morgan fingerprint density at radius 2 is 2.06 bits per heavy atom. The highest BCUT2D eigenvalue weighted by Gasteiger charge is 2.28. The summed E-state index contributed by atoms with van der Waals surface area (Å²) in [6.45, 7) is 0.898. The largest absolute Gasteiger partial charge is 0.326 e. The van der Waals surface area contributed by atoms with E-state index in [0.29, 0.717) is 5.56 Å². The van der Waals surface area contributed by atoms with Crippen molar-refractivity contribution in [1.82, 2.24) is 4.90 Å². The number of benzene rings is 1. The van der Waals surface area contributed by atoms with Crippen molar-refractivity contribution in [1.29, 1.82) is 0 Å². The van der Waals surface area contributed by atoms with Crippen LogP contribution in [-0.2, 0) is 0 Å². The molecule has 2 rings (SSSR count). The molecule has 17 heavy (non-hydrogen) atoms. The van der Waals surface area contributed by atoms with Crippen molar-refractivity contribution in [3.8, 4) is 0 Å². The highest BCUT2D eigenvalue weighted by atomic mass is 19.1. The van der Waals surface area contributed by atoms with Gasteiger partial charge in [-0.1, -0.05) is 12.5 Å². The molecule has 4 heteroatoms. The predicted molar refractivity (Wildman–Crippen MR) is 63.6 cm³/mol. The van der Waals surface area contributed by atoms with Crippen LogP contribution >= 0.6 is 0 Å². The standard InChI is InChI=1S/C13H18F2N2/c1-17-7-3-2-4-12(16)13(17)10-6-5-9(14)8-11(10)15/h5-6,8,12-13H,2-4,7,16H2,1H3. The van der Waals surface area contributed by atoms with Gasteiger partial charge >= 0.3 is 0 Å². The first kappa shape index (κ1) is 12.5. The van der Waals surface area contributed by atoms with Crippen LogP contribution in [0.15, 0.2) is 18.2 Å². The molecule has 1 aliphatic rings. The normalized spacial score (nSPS) is 26.8. The van der Waals surface area contributed by atoms with Crippen LogP contribution in [0.2, 0.25) is 0 Å². The van der Waals surface area contributed by atoms with Gasteiger partial charge in [-0.15, -0.1) is 0 Å². The van der Waals surface area contributed by atoms with E-state index in [9.17, 15) is 8.78 Å². The zero-order chi connectivity index (χ0) is 12.4. The molecule has 1 saturated heterocycles. The average Bonchev–Trinajstić information content (AvgIpc) is 2.42. The van der Waals surface area contributed by atoms with Crippen molar-refractivity contribution in [3.05, 3.63) is 35.4 Å². The van der Waals surface area contributed by atoms with Crippen molar-refractivity contribution in [3.63, 3.8) is 0 Å². The first-order valence-corrected chi connectivity index (χ1v) is 6.00. The maximum atomic E-state index is 13.8. The van der Waals surface area contributed by atoms with E-state index in [1.54, 1.807) is 0 Å². The van der Waals surface area contributed by atoms with Gasteiger partial charge < -0.3 is 5.73 Å². The smallest absolute Gasteiger partial charge is 0.130 e. The summed E-state index contributed by atoms with van der Waals surface area (Å²) in [6.07, 6.45) is 3.01. The Kier molecular flexibility index (Phi) is 3.74. The molecule has 1 aromatic carbocycles. The molecule has 2 atom stereocenters. The fourth-order valence-corrected chi connectivity index (χ4v) is 2.57. The highest BCUT2D eigenvalue weighted by molar-refractivity contribution is 5.24. The third-order valence-corrected chi connectivity index (χ3v) is 3.46. The van der Waals surface area contributed by atoms with Crippen molar-refractivity contribution in [2.24, 2.45) is 5.73 Å². The summed E-state index contributed by atoms with van der Waals surface area (Å²) >= 11 is 0. The van der Waals surface area contributed by atoms with Crippen molar-refractivity contribution < 1.29 is 8.78 Å². The Labute approximate surface area is 100 Å². The average molecular weight is 240 g/mol. The lowest BCUT2D eigenvalue weighted by Gasteiger charge is -2.30. The van der Waals surface area contributed by atoms with Crippen LogP contribution in [0.5, 0.6) is 0 Å². The molecule has 2 nitrogen and oxygen atoms in total. The molecule has 94 valence electrons. The zero-order valence-electron chi connectivity index (χ0n) is 10.00. The predicted octanol–water partition coefficient (Wildman–Crippen LogP) is 2.45. The first-order chi connectivity index (χ1) is 8.09. The molecule has 1 aromatic rings. The molecule has 0 amide bonds. The van der Waals surface area contributed by atoms with Gasteiger partial charge in [-0.05, 0) is 32.5 Å². The molecule has 2 N–H and O–H groups in total. The number of likely N-dealkylation sites (N-methyl/N-ethyl adjacent to an activating group) is 1. The van der Waals surface area contributed by atoms with Gasteiger partial charge in [0.15, 0.2) is 0 Å². The molecule has 0 aliphatic carbocycles. The first-order valence-electron chi connectivity index (χ1n) is 6.00. The molecule has 2 unspecified atom stereocenters. The summed E-state index contributed by atoms with van der Waals surface area (Å²) in [5.74, 6) is -1.05. The van der Waals surface area contributed by atoms with Gasteiger partial charge in [-0.3, -0.25) is 4.90 Å². The van der Waals surface area contributed by atoms with E-state index in [0.717, 1.165) is 31.9 Å². The molecule has 0 radical (unpaired) electrons. The fraction of sp³-hybridized carbons (Fsp3) is 0.538. The monoisotopic (exact) mass is 240 g/mol. The van der Waals surface area contributed by atoms with Gasteiger partial charge in [0.05, 0.1) is 6.04 Å². The number of nitrogens with zero attached hydrogens (tertiary/aromatic N) is 1. The van der Waals surface area contributed by atoms with Gasteiger partial charge in [-0.2, -0.15) is 0 Å². The van der Waals surface area contributed by atoms with E-state index in [1.165, 1.54) is 12.1 Å². The number of hydrogen-bond donors (Lipinski definition) is 1. The molecule has 0 saturated carbocycles. The van der Waals surface area contributed by atoms with Crippen molar-refractivity contribution in [2.45, 2.75) is 31.3 Å². The Hall–Kier alpha value is -1.00. The van der Waals surface area contributed by atoms with Crippen LogP contribution in [0.3, 0.4) is 0 Å². The quantitative estimate of drug-likeness (QED) is 0.817. The third-order valence-electron chi connectivity index (χ3n) is 3.46. The lowest BCUT2D eigenvalue weighted by Crippen LogP contribution is -2.38. The second-order valence-corrected chi connectivity index (χ2v) is 4.75. The number of hydrogen-bond acceptors (Lipinski definition) is 2. The van der Waals surface area contributed by atoms with Gasteiger partial charge in [-0.25, -0.2) is 8.78 Å². The second kappa shape index (κ2) is 5.10. The number of nitrogens with two attached hydrogens (primary N) is 1. The minimum Gasteiger partial charge on any atom is -0.326 e. The van der Waals surface area contributed by atoms with E-state index >= 15 is 0 Å². The van der Waals surface area contributed by atoms with Crippen LogP contribution in [0.1, 0.15) is 30.9 Å². The Morgan fingerprint density at radius 3 is 2.76 bits per heavy atom. The van der Waals surface area contributed by atoms with E-state index in [-0.39, 0.29) is 12.1 Å². The van der Waals surface area contributed by atoms with Gasteiger partial charge in [0, 0.05) is 17.7 Å². The Morgan fingerprint density at radius 1 is 1.29 bits per heavy atom. The molecule has 1 aliphatic heterocycles. The van der Waals surface area contributed by atoms with E-state index < -0.39 is 11.6 Å². The lowest BCUT2D eigenvalue weighted by atomic mass is 9.96. The lowest BCUT2D eigenvalue weighted by molar-refractivity contribution is 0.224. The van der Waals surface area contributed by atoms with Crippen LogP contribution in [0.4, 0.5) is 8.78 Å². The second-order valence-electron chi connectivity index (χ2n) is 4.75. The van der Waals surface area contributed by atoms with Gasteiger partial charge in [0.25, 0.3) is 0 Å². The summed E-state index contributed by atoms with van der Waals surface area (Å²) in [5.41, 5.74) is 6.61. The molecular weight excluding hydrogens is 222 g/mol. The summed E-state index contributed by atoms with van der Waals surface area (Å²) in [7, 11) is 1.94. The van der Waals surface area contributed by atoms with E-state index in [1.807, 2.05) is 7.05 Å². The molecule has 1 fully saturated rings. The topological polar surface area (TPSA) is 29.3 Å². The molecule has 1 heterocycles. The molecule has 0 bridgehead atoms. The third kappa shape index (κ3) is 2.64. The Bertz CT molecular complexity index is 383. The van der Waals surface area contributed by atoms with Crippen molar-refractivity contribution in [2.75, 3.05) is 13.6 Å². The van der Waals surface area contributed by atoms with Crippen LogP contribution in [-0.4, -0.2) is 24.5 Å². The maximum absolute atomic E-state index is 13.8. The summed E-state index contributed by atoms with van der Waals surface area (Å²) < 4.78 is 26.7. The zero-order valence-corrected chi connectivity index (χ0v) is 10.00.